The Morgan fingerprint density at radius 1 is 1.37 bits per heavy atom. The molecule has 1 heterocycles. The van der Waals surface area contributed by atoms with Gasteiger partial charge in [-0.25, -0.2) is 0 Å². The quantitative estimate of drug-likeness (QED) is 0.897. The molecule has 0 aliphatic rings. The Bertz CT molecular complexity index is 569. The van der Waals surface area contributed by atoms with Crippen LogP contribution in [0.15, 0.2) is 35.7 Å². The summed E-state index contributed by atoms with van der Waals surface area (Å²) in [6.45, 7) is 1.97. The number of anilines is 1. The van der Waals surface area contributed by atoms with Crippen LogP contribution in [0.25, 0.3) is 0 Å². The first-order valence-corrected chi connectivity index (χ1v) is 7.19. The summed E-state index contributed by atoms with van der Waals surface area (Å²) in [5, 5.41) is 8.51. The van der Waals surface area contributed by atoms with E-state index in [4.69, 9.17) is 11.6 Å². The molecule has 1 amide bonds. The minimum atomic E-state index is -0.132. The van der Waals surface area contributed by atoms with Gasteiger partial charge in [-0.2, -0.15) is 0 Å². The van der Waals surface area contributed by atoms with Crippen LogP contribution in [0.2, 0.25) is 5.02 Å². The van der Waals surface area contributed by atoms with Gasteiger partial charge in [-0.05, 0) is 36.6 Å². The molecule has 1 atom stereocenters. The number of benzene rings is 1. The van der Waals surface area contributed by atoms with E-state index in [0.717, 1.165) is 10.6 Å². The molecule has 0 bridgehead atoms. The maximum Gasteiger partial charge on any atom is 0.253 e. The van der Waals surface area contributed by atoms with E-state index in [2.05, 4.69) is 10.6 Å². The van der Waals surface area contributed by atoms with Crippen molar-refractivity contribution in [3.8, 4) is 0 Å². The lowest BCUT2D eigenvalue weighted by Gasteiger charge is -2.14. The summed E-state index contributed by atoms with van der Waals surface area (Å²) < 4.78 is 0. The molecule has 1 aromatic carbocycles. The minimum absolute atomic E-state index is 0.0174. The third kappa shape index (κ3) is 3.28. The van der Waals surface area contributed by atoms with Crippen molar-refractivity contribution in [1.29, 1.82) is 0 Å². The van der Waals surface area contributed by atoms with Gasteiger partial charge in [-0.3, -0.25) is 4.79 Å². The normalized spacial score (nSPS) is 11.9. The Labute approximate surface area is 121 Å². The molecule has 100 valence electrons. The number of rotatable bonds is 4. The van der Waals surface area contributed by atoms with Crippen molar-refractivity contribution in [3.05, 3.63) is 51.2 Å². The van der Waals surface area contributed by atoms with Crippen LogP contribution >= 0.6 is 22.9 Å². The zero-order valence-corrected chi connectivity index (χ0v) is 12.3. The summed E-state index contributed by atoms with van der Waals surface area (Å²) in [5.41, 5.74) is 1.32. The largest absolute Gasteiger partial charge is 0.387 e. The molecule has 0 spiro atoms. The maximum absolute atomic E-state index is 12.3. The van der Waals surface area contributed by atoms with Crippen molar-refractivity contribution in [2.75, 3.05) is 12.4 Å². The fourth-order valence-electron chi connectivity index (χ4n) is 1.81. The number of halogens is 1. The van der Waals surface area contributed by atoms with E-state index >= 15 is 0 Å². The van der Waals surface area contributed by atoms with Gasteiger partial charge < -0.3 is 10.6 Å². The zero-order valence-electron chi connectivity index (χ0n) is 10.7. The Morgan fingerprint density at radius 2 is 2.16 bits per heavy atom. The van der Waals surface area contributed by atoms with Crippen LogP contribution in [0.4, 0.5) is 5.69 Å². The highest BCUT2D eigenvalue weighted by molar-refractivity contribution is 7.10. The molecule has 0 aliphatic heterocycles. The van der Waals surface area contributed by atoms with Crippen molar-refractivity contribution in [2.45, 2.75) is 13.0 Å². The highest BCUT2D eigenvalue weighted by Crippen LogP contribution is 2.23. The number of thiophene rings is 1. The molecule has 0 radical (unpaired) electrons. The fourth-order valence-corrected chi connectivity index (χ4v) is 2.71. The van der Waals surface area contributed by atoms with Crippen molar-refractivity contribution in [3.63, 3.8) is 0 Å². The van der Waals surface area contributed by atoms with E-state index in [1.54, 1.807) is 36.6 Å². The smallest absolute Gasteiger partial charge is 0.253 e. The minimum Gasteiger partial charge on any atom is -0.387 e. The van der Waals surface area contributed by atoms with Crippen LogP contribution in [0.5, 0.6) is 0 Å². The van der Waals surface area contributed by atoms with Crippen LogP contribution in [0.1, 0.15) is 28.2 Å². The molecule has 2 N–H and O–H groups in total. The van der Waals surface area contributed by atoms with E-state index in [-0.39, 0.29) is 11.9 Å². The molecule has 1 aromatic heterocycles. The van der Waals surface area contributed by atoms with Gasteiger partial charge in [0.1, 0.15) is 0 Å². The SMILES string of the molecule is CNc1ccc(Cl)cc1C(=O)NC(C)c1cccs1. The monoisotopic (exact) mass is 294 g/mol. The van der Waals surface area contributed by atoms with Gasteiger partial charge in [-0.15, -0.1) is 11.3 Å². The lowest BCUT2D eigenvalue weighted by molar-refractivity contribution is 0.0941. The third-order valence-electron chi connectivity index (χ3n) is 2.81. The molecule has 0 fully saturated rings. The summed E-state index contributed by atoms with van der Waals surface area (Å²) in [5.74, 6) is -0.132. The molecule has 2 rings (SSSR count). The zero-order chi connectivity index (χ0) is 13.8. The standard InChI is InChI=1S/C14H15ClN2OS/c1-9(13-4-3-7-19-13)17-14(18)11-8-10(15)5-6-12(11)16-2/h3-9,16H,1-2H3,(H,17,18). The maximum atomic E-state index is 12.3. The predicted octanol–water partition coefficient (Wildman–Crippen LogP) is 3.93. The summed E-state index contributed by atoms with van der Waals surface area (Å²) in [4.78, 5) is 13.4. The van der Waals surface area contributed by atoms with Crippen LogP contribution in [-0.2, 0) is 0 Å². The van der Waals surface area contributed by atoms with Crippen LogP contribution in [0, 0.1) is 0 Å². The first kappa shape index (κ1) is 13.9. The first-order chi connectivity index (χ1) is 9.11. The third-order valence-corrected chi connectivity index (χ3v) is 4.10. The average molecular weight is 295 g/mol. The summed E-state index contributed by atoms with van der Waals surface area (Å²) in [6, 6.07) is 9.19. The molecule has 0 saturated heterocycles. The Balaban J connectivity index is 2.18. The topological polar surface area (TPSA) is 41.1 Å². The molecule has 19 heavy (non-hydrogen) atoms. The lowest BCUT2D eigenvalue weighted by atomic mass is 10.1. The van der Waals surface area contributed by atoms with E-state index in [1.807, 2.05) is 24.4 Å². The van der Waals surface area contributed by atoms with E-state index in [0.29, 0.717) is 10.6 Å². The molecule has 2 aromatic rings. The molecular weight excluding hydrogens is 280 g/mol. The van der Waals surface area contributed by atoms with Crippen molar-refractivity contribution < 1.29 is 4.79 Å². The predicted molar refractivity (Wildman–Crippen MR) is 81.2 cm³/mol. The molecule has 5 heteroatoms. The molecule has 0 saturated carbocycles. The number of carbonyl (C=O) groups is 1. The Morgan fingerprint density at radius 3 is 2.79 bits per heavy atom. The van der Waals surface area contributed by atoms with Gasteiger partial charge in [-0.1, -0.05) is 17.7 Å². The summed E-state index contributed by atoms with van der Waals surface area (Å²) in [7, 11) is 1.78. The lowest BCUT2D eigenvalue weighted by Crippen LogP contribution is -2.26. The fraction of sp³-hybridized carbons (Fsp3) is 0.214. The van der Waals surface area contributed by atoms with Gasteiger partial charge in [0.05, 0.1) is 11.6 Å². The van der Waals surface area contributed by atoms with Crippen molar-refractivity contribution in [1.82, 2.24) is 5.32 Å². The van der Waals surface area contributed by atoms with Crippen LogP contribution in [-0.4, -0.2) is 13.0 Å². The summed E-state index contributed by atoms with van der Waals surface area (Å²) in [6.07, 6.45) is 0. The van der Waals surface area contributed by atoms with E-state index in [9.17, 15) is 4.79 Å². The first-order valence-electron chi connectivity index (χ1n) is 5.93. The van der Waals surface area contributed by atoms with Crippen LogP contribution < -0.4 is 10.6 Å². The number of hydrogen-bond donors (Lipinski definition) is 2. The van der Waals surface area contributed by atoms with E-state index in [1.165, 1.54) is 0 Å². The number of carbonyl (C=O) groups excluding carboxylic acids is 1. The second-order valence-corrected chi connectivity index (χ2v) is 5.57. The second kappa shape index (κ2) is 6.08. The highest BCUT2D eigenvalue weighted by atomic mass is 35.5. The number of amides is 1. The van der Waals surface area contributed by atoms with Crippen molar-refractivity contribution in [2.24, 2.45) is 0 Å². The van der Waals surface area contributed by atoms with Gasteiger partial charge in [0.25, 0.3) is 5.91 Å². The van der Waals surface area contributed by atoms with Gasteiger partial charge in [0, 0.05) is 22.6 Å². The van der Waals surface area contributed by atoms with E-state index < -0.39 is 0 Å². The van der Waals surface area contributed by atoms with Crippen molar-refractivity contribution >= 4 is 34.5 Å². The Kier molecular flexibility index (Phi) is 4.45. The average Bonchev–Trinajstić information content (AvgIpc) is 2.92. The highest BCUT2D eigenvalue weighted by Gasteiger charge is 2.15. The molecule has 0 aliphatic carbocycles. The summed E-state index contributed by atoms with van der Waals surface area (Å²) >= 11 is 7.57. The molecule has 3 nitrogen and oxygen atoms in total. The number of nitrogens with one attached hydrogen (secondary N) is 2. The van der Waals surface area contributed by atoms with Gasteiger partial charge in [0.15, 0.2) is 0 Å². The van der Waals surface area contributed by atoms with Gasteiger partial charge in [0.2, 0.25) is 0 Å². The van der Waals surface area contributed by atoms with Crippen LogP contribution in [0.3, 0.4) is 0 Å². The second-order valence-electron chi connectivity index (χ2n) is 4.15. The van der Waals surface area contributed by atoms with Gasteiger partial charge >= 0.3 is 0 Å². The molecule has 1 unspecified atom stereocenters. The number of hydrogen-bond acceptors (Lipinski definition) is 3. The Hall–Kier alpha value is -1.52. The molecular formula is C14H15ClN2OS.